The van der Waals surface area contributed by atoms with Gasteiger partial charge in [0.15, 0.2) is 0 Å². The maximum atomic E-state index is 13.4. The van der Waals surface area contributed by atoms with Gasteiger partial charge in [0.2, 0.25) is 11.8 Å². The van der Waals surface area contributed by atoms with E-state index in [1.807, 2.05) is 41.2 Å². The lowest BCUT2D eigenvalue weighted by molar-refractivity contribution is -0.139. The number of alkyl halides is 3. The first-order valence-electron chi connectivity index (χ1n) is 7.86. The Labute approximate surface area is 150 Å². The lowest BCUT2D eigenvalue weighted by Gasteiger charge is -2.08. The number of halogens is 4. The molecular weight excluding hydrogens is 362 g/mol. The highest BCUT2D eigenvalue weighted by atomic mass is 19.4. The van der Waals surface area contributed by atoms with Gasteiger partial charge in [0, 0.05) is 29.2 Å². The number of rotatable bonds is 3. The summed E-state index contributed by atoms with van der Waals surface area (Å²) in [5.41, 5.74) is 0.155. The van der Waals surface area contributed by atoms with Crippen LogP contribution in [-0.2, 0) is 6.18 Å². The summed E-state index contributed by atoms with van der Waals surface area (Å²) in [4.78, 5) is 0. The van der Waals surface area contributed by atoms with Crippen LogP contribution < -0.4 is 0 Å². The van der Waals surface area contributed by atoms with Gasteiger partial charge in [0.25, 0.3) is 0 Å². The molecule has 27 heavy (non-hydrogen) atoms. The topological polar surface area (TPSA) is 43.9 Å². The highest BCUT2D eigenvalue weighted by Crippen LogP contribution is 2.34. The van der Waals surface area contributed by atoms with E-state index in [1.54, 1.807) is 12.1 Å². The Bertz CT molecular complexity index is 1070. The Hall–Kier alpha value is -3.42. The molecule has 4 rings (SSSR count). The summed E-state index contributed by atoms with van der Waals surface area (Å²) in [6, 6.07) is 13.6. The quantitative estimate of drug-likeness (QED) is 0.455. The van der Waals surface area contributed by atoms with Crippen molar-refractivity contribution >= 4 is 0 Å². The van der Waals surface area contributed by atoms with Gasteiger partial charge in [-0.05, 0) is 54.6 Å². The van der Waals surface area contributed by atoms with Crippen LogP contribution in [0.25, 0.3) is 28.6 Å². The Kier molecular flexibility index (Phi) is 4.02. The van der Waals surface area contributed by atoms with E-state index in [9.17, 15) is 17.6 Å². The van der Waals surface area contributed by atoms with Crippen LogP contribution in [0, 0.1) is 5.82 Å². The van der Waals surface area contributed by atoms with Gasteiger partial charge in [-0.1, -0.05) is 0 Å². The normalized spacial score (nSPS) is 11.7. The molecule has 136 valence electrons. The standard InChI is InChI=1S/C19H11F4N3O/c20-16-8-5-13(11-15(16)19(21,22)23)18-25-24-17(27-18)12-3-6-14(7-4-12)26-9-1-2-10-26/h1-11H. The number of benzene rings is 2. The van der Waals surface area contributed by atoms with Crippen LogP contribution in [0.2, 0.25) is 0 Å². The van der Waals surface area contributed by atoms with Gasteiger partial charge in [0.05, 0.1) is 5.56 Å². The molecule has 0 saturated heterocycles. The molecule has 4 nitrogen and oxygen atoms in total. The van der Waals surface area contributed by atoms with Gasteiger partial charge in [-0.25, -0.2) is 4.39 Å². The summed E-state index contributed by atoms with van der Waals surface area (Å²) in [6.45, 7) is 0. The van der Waals surface area contributed by atoms with E-state index < -0.39 is 17.6 Å². The summed E-state index contributed by atoms with van der Waals surface area (Å²) in [5, 5.41) is 7.65. The second kappa shape index (κ2) is 6.39. The van der Waals surface area contributed by atoms with Gasteiger partial charge < -0.3 is 8.98 Å². The van der Waals surface area contributed by atoms with E-state index in [-0.39, 0.29) is 17.3 Å². The summed E-state index contributed by atoms with van der Waals surface area (Å²) < 4.78 is 59.4. The first-order chi connectivity index (χ1) is 12.9. The minimum absolute atomic E-state index is 0.00793. The molecule has 0 aliphatic rings. The van der Waals surface area contributed by atoms with Crippen molar-refractivity contribution in [2.75, 3.05) is 0 Å². The van der Waals surface area contributed by atoms with Crippen LogP contribution in [0.15, 0.2) is 71.4 Å². The molecule has 0 N–H and O–H groups in total. The predicted molar refractivity (Wildman–Crippen MR) is 89.5 cm³/mol. The molecule has 0 bridgehead atoms. The van der Waals surface area contributed by atoms with Crippen molar-refractivity contribution in [2.45, 2.75) is 6.18 Å². The van der Waals surface area contributed by atoms with Crippen molar-refractivity contribution in [3.63, 3.8) is 0 Å². The SMILES string of the molecule is Fc1ccc(-c2nnc(-c3ccc(-n4cccc4)cc3)o2)cc1C(F)(F)F. The minimum atomic E-state index is -4.81. The summed E-state index contributed by atoms with van der Waals surface area (Å²) in [6.07, 6.45) is -1.02. The molecule has 0 saturated carbocycles. The fourth-order valence-corrected chi connectivity index (χ4v) is 2.61. The van der Waals surface area contributed by atoms with Crippen LogP contribution in [0.3, 0.4) is 0 Å². The molecule has 0 fully saturated rings. The fraction of sp³-hybridized carbons (Fsp3) is 0.0526. The van der Waals surface area contributed by atoms with E-state index in [2.05, 4.69) is 10.2 Å². The van der Waals surface area contributed by atoms with Crippen LogP contribution in [0.5, 0.6) is 0 Å². The van der Waals surface area contributed by atoms with Crippen LogP contribution in [0.1, 0.15) is 5.56 Å². The maximum Gasteiger partial charge on any atom is 0.419 e. The third-order valence-corrected chi connectivity index (χ3v) is 3.96. The highest BCUT2D eigenvalue weighted by molar-refractivity contribution is 5.60. The van der Waals surface area contributed by atoms with Crippen molar-refractivity contribution in [3.8, 4) is 28.6 Å². The minimum Gasteiger partial charge on any atom is -0.416 e. The zero-order valence-corrected chi connectivity index (χ0v) is 13.6. The van der Waals surface area contributed by atoms with Crippen LogP contribution in [0.4, 0.5) is 17.6 Å². The number of aromatic nitrogens is 3. The third-order valence-electron chi connectivity index (χ3n) is 3.96. The Morgan fingerprint density at radius 3 is 2.04 bits per heavy atom. The second-order valence-electron chi connectivity index (χ2n) is 5.74. The van der Waals surface area contributed by atoms with Crippen molar-refractivity contribution in [2.24, 2.45) is 0 Å². The molecule has 0 aliphatic carbocycles. The Balaban J connectivity index is 1.64. The molecule has 0 unspecified atom stereocenters. The van der Waals surface area contributed by atoms with E-state index in [0.29, 0.717) is 11.6 Å². The van der Waals surface area contributed by atoms with Crippen LogP contribution >= 0.6 is 0 Å². The van der Waals surface area contributed by atoms with Crippen molar-refractivity contribution in [3.05, 3.63) is 78.4 Å². The molecule has 4 aromatic rings. The van der Waals surface area contributed by atoms with Gasteiger partial charge in [0.1, 0.15) is 5.82 Å². The summed E-state index contributed by atoms with van der Waals surface area (Å²) in [7, 11) is 0. The zero-order chi connectivity index (χ0) is 19.0. The molecule has 0 amide bonds. The molecular formula is C19H11F4N3O. The van der Waals surface area contributed by atoms with E-state index in [0.717, 1.165) is 17.8 Å². The van der Waals surface area contributed by atoms with Crippen LogP contribution in [-0.4, -0.2) is 14.8 Å². The third kappa shape index (κ3) is 3.33. The van der Waals surface area contributed by atoms with E-state index in [4.69, 9.17) is 4.42 Å². The predicted octanol–water partition coefficient (Wildman–Crippen LogP) is 5.35. The molecule has 2 aromatic heterocycles. The van der Waals surface area contributed by atoms with Crippen molar-refractivity contribution < 1.29 is 22.0 Å². The molecule has 0 atom stereocenters. The fourth-order valence-electron chi connectivity index (χ4n) is 2.61. The number of hydrogen-bond acceptors (Lipinski definition) is 3. The first kappa shape index (κ1) is 17.0. The van der Waals surface area contributed by atoms with E-state index in [1.165, 1.54) is 0 Å². The number of hydrogen-bond donors (Lipinski definition) is 0. The molecule has 0 radical (unpaired) electrons. The summed E-state index contributed by atoms with van der Waals surface area (Å²) >= 11 is 0. The number of nitrogens with zero attached hydrogens (tertiary/aromatic N) is 3. The van der Waals surface area contributed by atoms with E-state index >= 15 is 0 Å². The molecule has 8 heteroatoms. The molecule has 0 aliphatic heterocycles. The average molecular weight is 373 g/mol. The largest absolute Gasteiger partial charge is 0.419 e. The first-order valence-corrected chi connectivity index (χ1v) is 7.86. The van der Waals surface area contributed by atoms with Crippen molar-refractivity contribution in [1.82, 2.24) is 14.8 Å². The van der Waals surface area contributed by atoms with Gasteiger partial charge in [-0.2, -0.15) is 13.2 Å². The Morgan fingerprint density at radius 2 is 1.41 bits per heavy atom. The highest BCUT2D eigenvalue weighted by Gasteiger charge is 2.34. The van der Waals surface area contributed by atoms with Crippen molar-refractivity contribution in [1.29, 1.82) is 0 Å². The summed E-state index contributed by atoms with van der Waals surface area (Å²) in [5.74, 6) is -1.32. The zero-order valence-electron chi connectivity index (χ0n) is 13.6. The molecule has 2 aromatic carbocycles. The lowest BCUT2D eigenvalue weighted by Crippen LogP contribution is -2.08. The molecule has 0 spiro atoms. The maximum absolute atomic E-state index is 13.4. The van der Waals surface area contributed by atoms with Gasteiger partial charge in [-0.3, -0.25) is 0 Å². The van der Waals surface area contributed by atoms with Gasteiger partial charge in [-0.15, -0.1) is 10.2 Å². The monoisotopic (exact) mass is 373 g/mol. The van der Waals surface area contributed by atoms with Gasteiger partial charge >= 0.3 is 6.18 Å². The molecule has 2 heterocycles. The Morgan fingerprint density at radius 1 is 0.815 bits per heavy atom. The average Bonchev–Trinajstić information content (AvgIpc) is 3.33. The smallest absolute Gasteiger partial charge is 0.416 e. The lowest BCUT2D eigenvalue weighted by atomic mass is 10.1. The second-order valence-corrected chi connectivity index (χ2v) is 5.74.